The van der Waals surface area contributed by atoms with E-state index in [4.69, 9.17) is 4.52 Å². The number of likely N-dealkylation sites (N-methyl/N-ethyl adjacent to an activating group) is 1. The lowest BCUT2D eigenvalue weighted by Gasteiger charge is -2.31. The summed E-state index contributed by atoms with van der Waals surface area (Å²) in [6.45, 7) is 1.82. The van der Waals surface area contributed by atoms with Crippen LogP contribution in [0.25, 0.3) is 11.4 Å². The molecule has 5 nitrogen and oxygen atoms in total. The first kappa shape index (κ1) is 15.0. The fourth-order valence-corrected chi connectivity index (χ4v) is 3.04. The van der Waals surface area contributed by atoms with E-state index in [1.165, 1.54) is 32.1 Å². The summed E-state index contributed by atoms with van der Waals surface area (Å²) >= 11 is 0. The fourth-order valence-electron chi connectivity index (χ4n) is 3.04. The number of rotatable bonds is 6. The number of hydrogen-bond acceptors (Lipinski definition) is 5. The smallest absolute Gasteiger partial charge is 0.321 e. The molecule has 2 aromatic rings. The molecule has 0 bridgehead atoms. The Morgan fingerprint density at radius 1 is 1.18 bits per heavy atom. The van der Waals surface area contributed by atoms with Gasteiger partial charge in [0.2, 0.25) is 5.82 Å². The van der Waals surface area contributed by atoms with Gasteiger partial charge in [-0.3, -0.25) is 0 Å². The summed E-state index contributed by atoms with van der Waals surface area (Å²) in [5, 5.41) is 7.23. The third kappa shape index (κ3) is 3.85. The lowest BCUT2D eigenvalue weighted by atomic mass is 9.94. The summed E-state index contributed by atoms with van der Waals surface area (Å²) < 4.78 is 5.26. The molecule has 1 aromatic carbocycles. The number of nitrogens with zero attached hydrogens (tertiary/aromatic N) is 3. The van der Waals surface area contributed by atoms with Crippen LogP contribution in [-0.4, -0.2) is 41.2 Å². The van der Waals surface area contributed by atoms with E-state index in [-0.39, 0.29) is 0 Å². The Morgan fingerprint density at radius 2 is 1.95 bits per heavy atom. The molecule has 1 heterocycles. The first-order valence-corrected chi connectivity index (χ1v) is 8.16. The average molecular weight is 300 g/mol. The van der Waals surface area contributed by atoms with Crippen LogP contribution in [-0.2, 0) is 0 Å². The zero-order valence-electron chi connectivity index (χ0n) is 13.2. The Balaban J connectivity index is 1.47. The van der Waals surface area contributed by atoms with E-state index < -0.39 is 0 Å². The maximum Gasteiger partial charge on any atom is 0.321 e. The van der Waals surface area contributed by atoms with Gasteiger partial charge >= 0.3 is 6.01 Å². The first-order chi connectivity index (χ1) is 10.8. The van der Waals surface area contributed by atoms with Gasteiger partial charge in [0.25, 0.3) is 0 Å². The topological polar surface area (TPSA) is 54.2 Å². The predicted molar refractivity (Wildman–Crippen MR) is 87.7 cm³/mol. The standard InChI is InChI=1S/C17H24N4O/c1-21(15-10-6-3-7-11-15)13-12-18-17-19-16(20-22-17)14-8-4-2-5-9-14/h2,4-5,8-9,15H,3,6-7,10-13H2,1H3,(H,18,19,20). The Bertz CT molecular complexity index is 563. The summed E-state index contributed by atoms with van der Waals surface area (Å²) in [7, 11) is 2.21. The zero-order chi connectivity index (χ0) is 15.2. The highest BCUT2D eigenvalue weighted by Crippen LogP contribution is 2.21. The third-order valence-electron chi connectivity index (χ3n) is 4.40. The largest absolute Gasteiger partial charge is 0.336 e. The van der Waals surface area contributed by atoms with Gasteiger partial charge in [-0.2, -0.15) is 4.98 Å². The summed E-state index contributed by atoms with van der Waals surface area (Å²) in [5.41, 5.74) is 0.971. The van der Waals surface area contributed by atoms with E-state index in [1.54, 1.807) is 0 Å². The molecule has 1 saturated carbocycles. The maximum atomic E-state index is 5.26. The number of nitrogens with one attached hydrogen (secondary N) is 1. The van der Waals surface area contributed by atoms with Crippen molar-refractivity contribution in [3.05, 3.63) is 30.3 Å². The molecule has 0 spiro atoms. The molecule has 0 amide bonds. The van der Waals surface area contributed by atoms with Crippen molar-refractivity contribution in [1.29, 1.82) is 0 Å². The monoisotopic (exact) mass is 300 g/mol. The quantitative estimate of drug-likeness (QED) is 0.886. The number of hydrogen-bond donors (Lipinski definition) is 1. The van der Waals surface area contributed by atoms with E-state index in [1.807, 2.05) is 30.3 Å². The molecule has 5 heteroatoms. The molecule has 1 fully saturated rings. The van der Waals surface area contributed by atoms with Crippen molar-refractivity contribution in [1.82, 2.24) is 15.0 Å². The van der Waals surface area contributed by atoms with Crippen molar-refractivity contribution in [3.63, 3.8) is 0 Å². The lowest BCUT2D eigenvalue weighted by molar-refractivity contribution is 0.197. The molecule has 3 rings (SSSR count). The highest BCUT2D eigenvalue weighted by molar-refractivity contribution is 5.54. The molecular weight excluding hydrogens is 276 g/mol. The average Bonchev–Trinajstić information content (AvgIpc) is 3.05. The predicted octanol–water partition coefficient (Wildman–Crippen LogP) is 3.41. The number of anilines is 1. The van der Waals surface area contributed by atoms with Crippen molar-refractivity contribution in [2.45, 2.75) is 38.1 Å². The van der Waals surface area contributed by atoms with E-state index in [0.29, 0.717) is 11.8 Å². The maximum absolute atomic E-state index is 5.26. The summed E-state index contributed by atoms with van der Waals surface area (Å²) in [5.74, 6) is 0.628. The van der Waals surface area contributed by atoms with Crippen molar-refractivity contribution in [2.24, 2.45) is 0 Å². The molecule has 1 aromatic heterocycles. The van der Waals surface area contributed by atoms with E-state index in [2.05, 4.69) is 27.4 Å². The molecule has 0 aliphatic heterocycles. The Hall–Kier alpha value is -1.88. The molecule has 118 valence electrons. The Morgan fingerprint density at radius 3 is 2.73 bits per heavy atom. The highest BCUT2D eigenvalue weighted by atomic mass is 16.5. The van der Waals surface area contributed by atoms with Gasteiger partial charge < -0.3 is 14.7 Å². The van der Waals surface area contributed by atoms with Gasteiger partial charge in [-0.15, -0.1) is 0 Å². The van der Waals surface area contributed by atoms with Crippen LogP contribution in [0.3, 0.4) is 0 Å². The molecule has 0 unspecified atom stereocenters. The minimum absolute atomic E-state index is 0.496. The van der Waals surface area contributed by atoms with Gasteiger partial charge in [0.1, 0.15) is 0 Å². The van der Waals surface area contributed by atoms with Gasteiger partial charge in [0.15, 0.2) is 0 Å². The van der Waals surface area contributed by atoms with Crippen molar-refractivity contribution >= 4 is 6.01 Å². The summed E-state index contributed by atoms with van der Waals surface area (Å²) in [6.07, 6.45) is 6.79. The highest BCUT2D eigenvalue weighted by Gasteiger charge is 2.17. The minimum Gasteiger partial charge on any atom is -0.336 e. The molecule has 0 saturated heterocycles. The van der Waals surface area contributed by atoms with Crippen LogP contribution in [0.15, 0.2) is 34.9 Å². The second kappa shape index (κ2) is 7.40. The van der Waals surface area contributed by atoms with Gasteiger partial charge in [-0.1, -0.05) is 54.8 Å². The summed E-state index contributed by atoms with van der Waals surface area (Å²) in [6, 6.07) is 11.1. The molecular formula is C17H24N4O. The van der Waals surface area contributed by atoms with Crippen LogP contribution in [0.2, 0.25) is 0 Å². The third-order valence-corrected chi connectivity index (χ3v) is 4.40. The molecule has 0 atom stereocenters. The van der Waals surface area contributed by atoms with Gasteiger partial charge in [0.05, 0.1) is 0 Å². The van der Waals surface area contributed by atoms with Crippen LogP contribution in [0.4, 0.5) is 6.01 Å². The Labute approximate surface area is 131 Å². The molecule has 0 radical (unpaired) electrons. The van der Waals surface area contributed by atoms with E-state index in [9.17, 15) is 0 Å². The van der Waals surface area contributed by atoms with E-state index in [0.717, 1.165) is 24.7 Å². The zero-order valence-corrected chi connectivity index (χ0v) is 13.2. The van der Waals surface area contributed by atoms with Crippen LogP contribution in [0.1, 0.15) is 32.1 Å². The molecule has 1 aliphatic rings. The Kier molecular flexibility index (Phi) is 5.06. The van der Waals surface area contributed by atoms with Crippen molar-refractivity contribution < 1.29 is 4.52 Å². The molecule has 1 N–H and O–H groups in total. The van der Waals surface area contributed by atoms with Crippen LogP contribution >= 0.6 is 0 Å². The number of aromatic nitrogens is 2. The summed E-state index contributed by atoms with van der Waals surface area (Å²) in [4.78, 5) is 6.83. The van der Waals surface area contributed by atoms with Crippen LogP contribution in [0.5, 0.6) is 0 Å². The van der Waals surface area contributed by atoms with Crippen LogP contribution in [0, 0.1) is 0 Å². The second-order valence-corrected chi connectivity index (χ2v) is 5.99. The van der Waals surface area contributed by atoms with E-state index >= 15 is 0 Å². The SMILES string of the molecule is CN(CCNc1nc(-c2ccccc2)no1)C1CCCCC1. The normalized spacial score (nSPS) is 16.1. The number of benzene rings is 1. The van der Waals surface area contributed by atoms with Crippen molar-refractivity contribution in [2.75, 3.05) is 25.5 Å². The lowest BCUT2D eigenvalue weighted by Crippen LogP contribution is -2.36. The molecule has 1 aliphatic carbocycles. The van der Waals surface area contributed by atoms with Crippen LogP contribution < -0.4 is 5.32 Å². The minimum atomic E-state index is 0.496. The van der Waals surface area contributed by atoms with Gasteiger partial charge in [-0.05, 0) is 19.9 Å². The fraction of sp³-hybridized carbons (Fsp3) is 0.529. The first-order valence-electron chi connectivity index (χ1n) is 8.16. The molecule has 22 heavy (non-hydrogen) atoms. The second-order valence-electron chi connectivity index (χ2n) is 5.99. The van der Waals surface area contributed by atoms with Gasteiger partial charge in [-0.25, -0.2) is 0 Å². The van der Waals surface area contributed by atoms with Gasteiger partial charge in [0, 0.05) is 24.7 Å². The van der Waals surface area contributed by atoms with Crippen molar-refractivity contribution in [3.8, 4) is 11.4 Å².